The molecule has 0 radical (unpaired) electrons. The molecule has 37 heavy (non-hydrogen) atoms. The standard InChI is InChI=1S/C27H44N4O6/c1-17-14-22(35-10)19(3)18(2)21(17)15-29-23(31-25(34)37-27(7,8)9)28-13-11-12-20(16-32)30-24(33)36-26(4,5)6/h14,16,20H,11-13,15H2,1-10H3,(H,30,33)(H2,28,29,31,34)/t20-/m0/s1. The lowest BCUT2D eigenvalue weighted by molar-refractivity contribution is -0.109. The van der Waals surface area contributed by atoms with Crippen LogP contribution in [0.4, 0.5) is 9.59 Å². The predicted molar refractivity (Wildman–Crippen MR) is 144 cm³/mol. The van der Waals surface area contributed by atoms with Crippen LogP contribution in [-0.4, -0.2) is 55.3 Å². The van der Waals surface area contributed by atoms with Gasteiger partial charge in [-0.2, -0.15) is 0 Å². The fraction of sp³-hybridized carbons (Fsp3) is 0.630. The number of ether oxygens (including phenoxy) is 3. The normalized spacial score (nSPS) is 12.9. The van der Waals surface area contributed by atoms with Crippen LogP contribution in [0.15, 0.2) is 11.1 Å². The minimum atomic E-state index is -0.691. The number of rotatable bonds is 9. The van der Waals surface area contributed by atoms with E-state index in [0.29, 0.717) is 32.2 Å². The van der Waals surface area contributed by atoms with Gasteiger partial charge in [-0.05, 0) is 103 Å². The van der Waals surface area contributed by atoms with Gasteiger partial charge in [-0.3, -0.25) is 5.32 Å². The Labute approximate surface area is 220 Å². The molecule has 0 saturated heterocycles. The molecule has 2 amide bonds. The predicted octanol–water partition coefficient (Wildman–Crippen LogP) is 4.46. The van der Waals surface area contributed by atoms with Crippen molar-refractivity contribution in [1.82, 2.24) is 16.0 Å². The molecule has 208 valence electrons. The Hall–Kier alpha value is -3.30. The van der Waals surface area contributed by atoms with Crippen molar-refractivity contribution >= 4 is 24.4 Å². The summed E-state index contributed by atoms with van der Waals surface area (Å²) in [5.41, 5.74) is 2.84. The van der Waals surface area contributed by atoms with Crippen LogP contribution in [0.2, 0.25) is 0 Å². The molecule has 0 bridgehead atoms. The lowest BCUT2D eigenvalue weighted by Crippen LogP contribution is -2.44. The van der Waals surface area contributed by atoms with Crippen LogP contribution in [0.3, 0.4) is 0 Å². The molecule has 1 aromatic rings. The molecule has 10 heteroatoms. The minimum Gasteiger partial charge on any atom is -0.496 e. The number of aryl methyl sites for hydroxylation is 1. The molecule has 0 heterocycles. The molecule has 0 aliphatic heterocycles. The minimum absolute atomic E-state index is 0.254. The molecule has 0 fully saturated rings. The van der Waals surface area contributed by atoms with Crippen LogP contribution < -0.4 is 20.7 Å². The number of hydrogen-bond donors (Lipinski definition) is 3. The zero-order chi connectivity index (χ0) is 28.4. The van der Waals surface area contributed by atoms with Gasteiger partial charge in [0, 0.05) is 6.54 Å². The second-order valence-electron chi connectivity index (χ2n) is 10.9. The molecule has 0 aliphatic carbocycles. The molecule has 0 spiro atoms. The average Bonchev–Trinajstić information content (AvgIpc) is 2.75. The van der Waals surface area contributed by atoms with E-state index < -0.39 is 29.4 Å². The fourth-order valence-electron chi connectivity index (χ4n) is 3.41. The monoisotopic (exact) mass is 520 g/mol. The Balaban J connectivity index is 2.90. The number of guanidine groups is 1. The highest BCUT2D eigenvalue weighted by atomic mass is 16.6. The van der Waals surface area contributed by atoms with Crippen molar-refractivity contribution < 1.29 is 28.6 Å². The van der Waals surface area contributed by atoms with Crippen LogP contribution >= 0.6 is 0 Å². The quantitative estimate of drug-likeness (QED) is 0.190. The van der Waals surface area contributed by atoms with Crippen molar-refractivity contribution in [3.8, 4) is 5.75 Å². The van der Waals surface area contributed by atoms with Crippen LogP contribution in [0.5, 0.6) is 5.75 Å². The maximum Gasteiger partial charge on any atom is 0.414 e. The summed E-state index contributed by atoms with van der Waals surface area (Å²) in [6.45, 7) is 17.3. The van der Waals surface area contributed by atoms with Crippen molar-refractivity contribution in [3.05, 3.63) is 28.3 Å². The third-order valence-corrected chi connectivity index (χ3v) is 5.29. The Morgan fingerprint density at radius 1 is 1.00 bits per heavy atom. The number of hydrogen-bond acceptors (Lipinski definition) is 7. The lowest BCUT2D eigenvalue weighted by Gasteiger charge is -2.22. The molecule has 0 unspecified atom stereocenters. The van der Waals surface area contributed by atoms with Crippen molar-refractivity contribution in [3.63, 3.8) is 0 Å². The first-order valence-electron chi connectivity index (χ1n) is 12.4. The molecule has 10 nitrogen and oxygen atoms in total. The van der Waals surface area contributed by atoms with Gasteiger partial charge in [-0.15, -0.1) is 0 Å². The van der Waals surface area contributed by atoms with E-state index in [1.54, 1.807) is 48.7 Å². The van der Waals surface area contributed by atoms with Gasteiger partial charge in [0.15, 0.2) is 0 Å². The first-order valence-corrected chi connectivity index (χ1v) is 12.4. The summed E-state index contributed by atoms with van der Waals surface area (Å²) < 4.78 is 16.0. The van der Waals surface area contributed by atoms with E-state index in [1.165, 1.54) is 0 Å². The first-order chi connectivity index (χ1) is 17.1. The Morgan fingerprint density at radius 2 is 1.59 bits per heavy atom. The third kappa shape index (κ3) is 12.0. The van der Waals surface area contributed by atoms with Crippen molar-refractivity contribution in [2.75, 3.05) is 13.7 Å². The molecular weight excluding hydrogens is 476 g/mol. The molecule has 1 aromatic carbocycles. The maximum atomic E-state index is 12.4. The van der Waals surface area contributed by atoms with Gasteiger partial charge < -0.3 is 29.6 Å². The average molecular weight is 521 g/mol. The third-order valence-electron chi connectivity index (χ3n) is 5.29. The molecule has 1 atom stereocenters. The van der Waals surface area contributed by atoms with E-state index >= 15 is 0 Å². The van der Waals surface area contributed by atoms with Gasteiger partial charge in [0.25, 0.3) is 0 Å². The Bertz CT molecular complexity index is 977. The second kappa shape index (κ2) is 13.9. The molecule has 0 aromatic heterocycles. The van der Waals surface area contributed by atoms with Crippen molar-refractivity contribution in [1.29, 1.82) is 0 Å². The van der Waals surface area contributed by atoms with Gasteiger partial charge >= 0.3 is 12.2 Å². The maximum absolute atomic E-state index is 12.4. The number of benzene rings is 1. The number of nitrogens with zero attached hydrogens (tertiary/aromatic N) is 1. The topological polar surface area (TPSA) is 127 Å². The highest BCUT2D eigenvalue weighted by molar-refractivity contribution is 5.94. The number of amides is 2. The molecule has 1 rings (SSSR count). The Morgan fingerprint density at radius 3 is 2.14 bits per heavy atom. The van der Waals surface area contributed by atoms with Gasteiger partial charge in [0.1, 0.15) is 23.2 Å². The summed E-state index contributed by atoms with van der Waals surface area (Å²) in [4.78, 5) is 40.4. The molecule has 3 N–H and O–H groups in total. The number of aldehydes is 1. The molecular formula is C27H44N4O6. The number of nitrogens with one attached hydrogen (secondary N) is 3. The summed E-state index contributed by atoms with van der Waals surface area (Å²) in [5, 5.41) is 8.34. The largest absolute Gasteiger partial charge is 0.496 e. The van der Waals surface area contributed by atoms with E-state index in [0.717, 1.165) is 28.0 Å². The van der Waals surface area contributed by atoms with Gasteiger partial charge in [0.2, 0.25) is 5.96 Å². The number of aliphatic imine (C=N–C) groups is 1. The van der Waals surface area contributed by atoms with Crippen molar-refractivity contribution in [2.24, 2.45) is 4.99 Å². The first kappa shape index (κ1) is 31.7. The van der Waals surface area contributed by atoms with E-state index in [9.17, 15) is 14.4 Å². The van der Waals surface area contributed by atoms with Crippen LogP contribution in [0.1, 0.15) is 76.6 Å². The van der Waals surface area contributed by atoms with E-state index in [2.05, 4.69) is 20.9 Å². The highest BCUT2D eigenvalue weighted by Gasteiger charge is 2.20. The zero-order valence-electron chi connectivity index (χ0n) is 24.0. The number of carbonyl (C=O) groups excluding carboxylic acids is 3. The van der Waals surface area contributed by atoms with Crippen LogP contribution in [0.25, 0.3) is 0 Å². The highest BCUT2D eigenvalue weighted by Crippen LogP contribution is 2.27. The lowest BCUT2D eigenvalue weighted by atomic mass is 9.97. The SMILES string of the molecule is COc1cc(C)c(CN=C(NCCC[C@@H](C=O)NC(=O)OC(C)(C)C)NC(=O)OC(C)(C)C)c(C)c1C. The molecule has 0 saturated carbocycles. The summed E-state index contributed by atoms with van der Waals surface area (Å²) >= 11 is 0. The summed E-state index contributed by atoms with van der Waals surface area (Å²) in [7, 11) is 1.64. The number of alkyl carbamates (subject to hydrolysis) is 2. The van der Waals surface area contributed by atoms with Gasteiger partial charge in [-0.1, -0.05) is 0 Å². The fourth-order valence-corrected chi connectivity index (χ4v) is 3.41. The van der Waals surface area contributed by atoms with Crippen LogP contribution in [0, 0.1) is 20.8 Å². The number of methoxy groups -OCH3 is 1. The van der Waals surface area contributed by atoms with Crippen molar-refractivity contribution in [2.45, 2.75) is 98.9 Å². The number of carbonyl (C=O) groups is 3. The van der Waals surface area contributed by atoms with Crippen LogP contribution in [-0.2, 0) is 20.8 Å². The molecule has 0 aliphatic rings. The second-order valence-corrected chi connectivity index (χ2v) is 10.9. The van der Waals surface area contributed by atoms with E-state index in [-0.39, 0.29) is 5.96 Å². The van der Waals surface area contributed by atoms with Gasteiger partial charge in [-0.25, -0.2) is 14.6 Å². The zero-order valence-corrected chi connectivity index (χ0v) is 24.0. The summed E-state index contributed by atoms with van der Waals surface area (Å²) in [6, 6.07) is 1.28. The smallest absolute Gasteiger partial charge is 0.414 e. The summed E-state index contributed by atoms with van der Waals surface area (Å²) in [6.07, 6.45) is 0.303. The summed E-state index contributed by atoms with van der Waals surface area (Å²) in [5.74, 6) is 1.07. The van der Waals surface area contributed by atoms with Gasteiger partial charge in [0.05, 0.1) is 19.7 Å². The van der Waals surface area contributed by atoms with E-state index in [4.69, 9.17) is 14.2 Å². The Kier molecular flexibility index (Phi) is 11.9. The van der Waals surface area contributed by atoms with E-state index in [1.807, 2.05) is 26.8 Å².